The molecule has 0 aliphatic rings. The quantitative estimate of drug-likeness (QED) is 0.816. The Morgan fingerprint density at radius 1 is 1.05 bits per heavy atom. The summed E-state index contributed by atoms with van der Waals surface area (Å²) in [4.78, 5) is 0. The maximum Gasteiger partial charge on any atom is 0.104 e. The maximum absolute atomic E-state index is 5.56. The summed E-state index contributed by atoms with van der Waals surface area (Å²) in [6, 6.07) is 14.8. The van der Waals surface area contributed by atoms with Gasteiger partial charge >= 0.3 is 0 Å². The Balaban J connectivity index is 2.30. The van der Waals surface area contributed by atoms with E-state index in [4.69, 9.17) is 4.42 Å². The number of likely N-dealkylation sites (N-methyl/N-ethyl adjacent to an activating group) is 1. The van der Waals surface area contributed by atoms with Gasteiger partial charge in [0.05, 0.1) is 6.26 Å². The molecule has 0 aliphatic heterocycles. The lowest BCUT2D eigenvalue weighted by atomic mass is 9.74. The highest BCUT2D eigenvalue weighted by atomic mass is 16.3. The van der Waals surface area contributed by atoms with Crippen molar-refractivity contribution >= 4 is 0 Å². The lowest BCUT2D eigenvalue weighted by Crippen LogP contribution is -2.39. The van der Waals surface area contributed by atoms with Gasteiger partial charge in [0.15, 0.2) is 0 Å². The summed E-state index contributed by atoms with van der Waals surface area (Å²) in [5.41, 5.74) is 1.49. The Morgan fingerprint density at radius 2 is 1.84 bits per heavy atom. The van der Waals surface area contributed by atoms with Crippen LogP contribution in [0.3, 0.4) is 0 Å². The minimum atomic E-state index is 0.106. The molecule has 2 rings (SSSR count). The third-order valence-electron chi connectivity index (χ3n) is 3.87. The van der Waals surface area contributed by atoms with Crippen molar-refractivity contribution in [1.82, 2.24) is 5.32 Å². The third kappa shape index (κ3) is 3.27. The Bertz CT molecular complexity index is 463. The Morgan fingerprint density at radius 3 is 2.42 bits per heavy atom. The van der Waals surface area contributed by atoms with E-state index < -0.39 is 0 Å². The predicted octanol–water partition coefficient (Wildman–Crippen LogP) is 3.78. The van der Waals surface area contributed by atoms with Gasteiger partial charge in [-0.3, -0.25) is 0 Å². The van der Waals surface area contributed by atoms with Crippen LogP contribution in [0, 0.1) is 0 Å². The van der Waals surface area contributed by atoms with E-state index in [0.717, 1.165) is 31.7 Å². The van der Waals surface area contributed by atoms with Crippen molar-refractivity contribution in [3.63, 3.8) is 0 Å². The van der Waals surface area contributed by atoms with Gasteiger partial charge in [-0.2, -0.15) is 0 Å². The number of rotatable bonds is 7. The summed E-state index contributed by atoms with van der Waals surface area (Å²) in [6.45, 7) is 6.38. The van der Waals surface area contributed by atoms with E-state index in [1.165, 1.54) is 5.56 Å². The van der Waals surface area contributed by atoms with Crippen molar-refractivity contribution in [3.8, 4) is 0 Å². The van der Waals surface area contributed by atoms with Gasteiger partial charge in [-0.25, -0.2) is 0 Å². The van der Waals surface area contributed by atoms with E-state index in [1.54, 1.807) is 6.26 Å². The van der Waals surface area contributed by atoms with Crippen molar-refractivity contribution < 1.29 is 4.42 Å². The molecule has 1 aromatic carbocycles. The molecule has 2 heteroatoms. The molecule has 0 spiro atoms. The van der Waals surface area contributed by atoms with Crippen molar-refractivity contribution in [2.75, 3.05) is 13.1 Å². The lowest BCUT2D eigenvalue weighted by molar-refractivity contribution is 0.349. The van der Waals surface area contributed by atoms with Gasteiger partial charge in [0.2, 0.25) is 0 Å². The Hall–Kier alpha value is -1.54. The Kier molecular flexibility index (Phi) is 4.80. The normalized spacial score (nSPS) is 14.2. The van der Waals surface area contributed by atoms with Crippen LogP contribution in [-0.2, 0) is 11.8 Å². The SMILES string of the molecule is CCNCC(CC)(Cc1ccco1)c1ccccc1. The van der Waals surface area contributed by atoms with Crippen LogP contribution in [0.4, 0.5) is 0 Å². The highest BCUT2D eigenvalue weighted by Crippen LogP contribution is 2.31. The van der Waals surface area contributed by atoms with Crippen molar-refractivity contribution in [1.29, 1.82) is 0 Å². The van der Waals surface area contributed by atoms with Gasteiger partial charge in [0, 0.05) is 18.4 Å². The molecule has 0 aliphatic carbocycles. The largest absolute Gasteiger partial charge is 0.469 e. The number of furan rings is 1. The van der Waals surface area contributed by atoms with E-state index in [1.807, 2.05) is 6.07 Å². The molecular formula is C17H23NO. The molecule has 0 bridgehead atoms. The van der Waals surface area contributed by atoms with E-state index in [2.05, 4.69) is 55.6 Å². The molecular weight excluding hydrogens is 234 g/mol. The van der Waals surface area contributed by atoms with Crippen LogP contribution in [0.15, 0.2) is 53.1 Å². The fraction of sp³-hybridized carbons (Fsp3) is 0.412. The van der Waals surface area contributed by atoms with Crippen LogP contribution in [0.2, 0.25) is 0 Å². The molecule has 1 N–H and O–H groups in total. The first-order chi connectivity index (χ1) is 9.30. The van der Waals surface area contributed by atoms with Crippen molar-refractivity contribution in [3.05, 3.63) is 60.1 Å². The highest BCUT2D eigenvalue weighted by Gasteiger charge is 2.31. The number of benzene rings is 1. The molecule has 0 fully saturated rings. The topological polar surface area (TPSA) is 25.2 Å². The summed E-state index contributed by atoms with van der Waals surface area (Å²) in [5, 5.41) is 3.51. The first kappa shape index (κ1) is 13.9. The summed E-state index contributed by atoms with van der Waals surface area (Å²) in [7, 11) is 0. The zero-order valence-corrected chi connectivity index (χ0v) is 11.9. The van der Waals surface area contributed by atoms with Crippen LogP contribution in [-0.4, -0.2) is 13.1 Å². The predicted molar refractivity (Wildman–Crippen MR) is 79.4 cm³/mol. The fourth-order valence-electron chi connectivity index (χ4n) is 2.62. The summed E-state index contributed by atoms with van der Waals surface area (Å²) < 4.78 is 5.56. The molecule has 102 valence electrons. The molecule has 2 nitrogen and oxygen atoms in total. The molecule has 2 aromatic rings. The highest BCUT2D eigenvalue weighted by molar-refractivity contribution is 5.28. The average Bonchev–Trinajstić information content (AvgIpc) is 2.97. The van der Waals surface area contributed by atoms with Gasteiger partial charge in [-0.15, -0.1) is 0 Å². The minimum Gasteiger partial charge on any atom is -0.469 e. The van der Waals surface area contributed by atoms with E-state index in [0.29, 0.717) is 0 Å². The zero-order chi connectivity index (χ0) is 13.6. The van der Waals surface area contributed by atoms with E-state index >= 15 is 0 Å². The Labute approximate surface area is 115 Å². The molecule has 1 aromatic heterocycles. The maximum atomic E-state index is 5.56. The fourth-order valence-corrected chi connectivity index (χ4v) is 2.62. The molecule has 1 unspecified atom stereocenters. The van der Waals surface area contributed by atoms with Gasteiger partial charge in [-0.1, -0.05) is 44.2 Å². The second kappa shape index (κ2) is 6.58. The standard InChI is InChI=1S/C17H23NO/c1-3-17(14-18-4-2,13-16-11-8-12-19-16)15-9-6-5-7-10-15/h5-12,18H,3-4,13-14H2,1-2H3. The summed E-state index contributed by atoms with van der Waals surface area (Å²) >= 11 is 0. The zero-order valence-electron chi connectivity index (χ0n) is 11.9. The number of hydrogen-bond acceptors (Lipinski definition) is 2. The van der Waals surface area contributed by atoms with Crippen LogP contribution >= 0.6 is 0 Å². The second-order valence-electron chi connectivity index (χ2n) is 5.04. The molecule has 0 saturated heterocycles. The lowest BCUT2D eigenvalue weighted by Gasteiger charge is -2.33. The number of hydrogen-bond donors (Lipinski definition) is 1. The van der Waals surface area contributed by atoms with Gasteiger partial charge in [0.25, 0.3) is 0 Å². The molecule has 0 saturated carbocycles. The molecule has 19 heavy (non-hydrogen) atoms. The van der Waals surface area contributed by atoms with Gasteiger partial charge in [0.1, 0.15) is 5.76 Å². The van der Waals surface area contributed by atoms with E-state index in [-0.39, 0.29) is 5.41 Å². The minimum absolute atomic E-state index is 0.106. The van der Waals surface area contributed by atoms with Crippen molar-refractivity contribution in [2.45, 2.75) is 32.1 Å². The second-order valence-corrected chi connectivity index (χ2v) is 5.04. The molecule has 1 heterocycles. The average molecular weight is 257 g/mol. The van der Waals surface area contributed by atoms with Gasteiger partial charge < -0.3 is 9.73 Å². The first-order valence-electron chi connectivity index (χ1n) is 7.09. The van der Waals surface area contributed by atoms with Crippen molar-refractivity contribution in [2.24, 2.45) is 0 Å². The molecule has 0 radical (unpaired) electrons. The van der Waals surface area contributed by atoms with Crippen LogP contribution in [0.1, 0.15) is 31.6 Å². The molecule has 1 atom stereocenters. The first-order valence-corrected chi connectivity index (χ1v) is 7.09. The monoisotopic (exact) mass is 257 g/mol. The van der Waals surface area contributed by atoms with Crippen LogP contribution in [0.25, 0.3) is 0 Å². The van der Waals surface area contributed by atoms with Crippen LogP contribution < -0.4 is 5.32 Å². The summed E-state index contributed by atoms with van der Waals surface area (Å²) in [6.07, 6.45) is 3.78. The number of nitrogens with one attached hydrogen (secondary N) is 1. The van der Waals surface area contributed by atoms with Crippen LogP contribution in [0.5, 0.6) is 0 Å². The smallest absolute Gasteiger partial charge is 0.104 e. The summed E-state index contributed by atoms with van der Waals surface area (Å²) in [5.74, 6) is 1.06. The van der Waals surface area contributed by atoms with E-state index in [9.17, 15) is 0 Å². The van der Waals surface area contributed by atoms with Gasteiger partial charge in [-0.05, 0) is 30.7 Å². The molecule has 0 amide bonds. The third-order valence-corrected chi connectivity index (χ3v) is 3.87.